The van der Waals surface area contributed by atoms with Crippen LogP contribution in [0.25, 0.3) is 0 Å². The number of allylic oxidation sites excluding steroid dienone is 1. The van der Waals surface area contributed by atoms with Crippen molar-refractivity contribution < 1.29 is 34.1 Å². The molecule has 8 atom stereocenters. The number of ether oxygens (including phenoxy) is 2. The number of carbonyl (C=O) groups is 3. The predicted octanol–water partition coefficient (Wildman–Crippen LogP) is 2.57. The monoisotopic (exact) mass is 448 g/mol. The van der Waals surface area contributed by atoms with Gasteiger partial charge in [0, 0.05) is 18.3 Å². The van der Waals surface area contributed by atoms with Crippen molar-refractivity contribution in [3.05, 3.63) is 11.6 Å². The minimum Gasteiger partial charge on any atom is -0.469 e. The number of hydrogen-bond acceptors (Lipinski definition) is 7. The van der Waals surface area contributed by atoms with Crippen molar-refractivity contribution in [1.29, 1.82) is 0 Å². The van der Waals surface area contributed by atoms with E-state index in [1.54, 1.807) is 6.08 Å². The van der Waals surface area contributed by atoms with Gasteiger partial charge in [-0.05, 0) is 67.8 Å². The van der Waals surface area contributed by atoms with Gasteiger partial charge in [-0.3, -0.25) is 14.4 Å². The first-order chi connectivity index (χ1) is 15.0. The van der Waals surface area contributed by atoms with Crippen LogP contribution in [0.15, 0.2) is 11.6 Å². The Morgan fingerprint density at radius 3 is 2.56 bits per heavy atom. The van der Waals surface area contributed by atoms with Gasteiger partial charge in [0.05, 0.1) is 31.8 Å². The summed E-state index contributed by atoms with van der Waals surface area (Å²) in [5.74, 6) is -1.38. The highest BCUT2D eigenvalue weighted by Gasteiger charge is 2.68. The smallest absolute Gasteiger partial charge is 0.309 e. The molecule has 7 heteroatoms. The molecule has 2 N–H and O–H groups in total. The first kappa shape index (κ1) is 23.4. The van der Waals surface area contributed by atoms with Gasteiger partial charge in [0.25, 0.3) is 0 Å². The molecule has 0 aliphatic heterocycles. The van der Waals surface area contributed by atoms with Crippen LogP contribution in [0.4, 0.5) is 0 Å². The minimum atomic E-state index is -1.11. The van der Waals surface area contributed by atoms with Crippen molar-refractivity contribution in [3.8, 4) is 0 Å². The number of fused-ring (bicyclic) bond motifs is 5. The lowest BCUT2D eigenvalue weighted by Crippen LogP contribution is -2.62. The van der Waals surface area contributed by atoms with Gasteiger partial charge in [0.2, 0.25) is 0 Å². The van der Waals surface area contributed by atoms with E-state index < -0.39 is 23.0 Å². The molecule has 3 saturated carbocycles. The lowest BCUT2D eigenvalue weighted by molar-refractivity contribution is -0.194. The molecule has 0 aromatic rings. The Balaban J connectivity index is 1.75. The maximum Gasteiger partial charge on any atom is 0.309 e. The third kappa shape index (κ3) is 3.26. The van der Waals surface area contributed by atoms with E-state index in [4.69, 9.17) is 9.47 Å². The standard InChI is InChI=1S/C25H36O7/c1-23-8-5-15(26)11-14(23)12-16(22(29)32-4)20-17-6-9-25(30,10-7-19(28)31-3)24(17,2)13-18(27)21(20)23/h11,16-18,20-21,27,30H,5-10,12-13H2,1-4H3/t16-,17?,18-,20?,21?,23+,24+,25-/m1/s1. The average molecular weight is 449 g/mol. The SMILES string of the molecule is COC(=O)CC[C@]1(O)CCC2C3C([C@H](O)C[C@@]21C)[C@@]1(C)CCC(=O)C=C1C[C@H]3C(=O)OC. The molecule has 0 aromatic heterocycles. The Kier molecular flexibility index (Phi) is 5.82. The Bertz CT molecular complexity index is 849. The van der Waals surface area contributed by atoms with Crippen molar-refractivity contribution >= 4 is 17.7 Å². The molecule has 4 aliphatic carbocycles. The number of esters is 2. The third-order valence-electron chi connectivity index (χ3n) is 9.75. The first-order valence-corrected chi connectivity index (χ1v) is 11.8. The van der Waals surface area contributed by atoms with Gasteiger partial charge in [0.15, 0.2) is 5.78 Å². The zero-order chi connectivity index (χ0) is 23.5. The number of hydrogen-bond donors (Lipinski definition) is 2. The van der Waals surface area contributed by atoms with E-state index in [1.807, 2.05) is 6.92 Å². The van der Waals surface area contributed by atoms with Crippen LogP contribution in [-0.2, 0) is 23.9 Å². The van der Waals surface area contributed by atoms with Crippen molar-refractivity contribution in [2.45, 2.75) is 76.9 Å². The molecule has 0 spiro atoms. The van der Waals surface area contributed by atoms with E-state index in [9.17, 15) is 24.6 Å². The third-order valence-corrected chi connectivity index (χ3v) is 9.75. The predicted molar refractivity (Wildman–Crippen MR) is 115 cm³/mol. The maximum absolute atomic E-state index is 13.0. The Morgan fingerprint density at radius 2 is 1.91 bits per heavy atom. The quantitative estimate of drug-likeness (QED) is 0.636. The fourth-order valence-electron chi connectivity index (χ4n) is 7.98. The molecule has 178 valence electrons. The zero-order valence-corrected chi connectivity index (χ0v) is 19.6. The fraction of sp³-hybridized carbons (Fsp3) is 0.800. The summed E-state index contributed by atoms with van der Waals surface area (Å²) < 4.78 is 9.96. The summed E-state index contributed by atoms with van der Waals surface area (Å²) in [6.45, 7) is 4.13. The van der Waals surface area contributed by atoms with Crippen LogP contribution in [0.5, 0.6) is 0 Å². The second-order valence-corrected chi connectivity index (χ2v) is 10.9. The summed E-state index contributed by atoms with van der Waals surface area (Å²) in [5.41, 5.74) is -1.14. The van der Waals surface area contributed by atoms with Crippen LogP contribution in [0.3, 0.4) is 0 Å². The first-order valence-electron chi connectivity index (χ1n) is 11.8. The lowest BCUT2D eigenvalue weighted by Gasteiger charge is -2.62. The number of aliphatic hydroxyl groups excluding tert-OH is 1. The molecule has 7 nitrogen and oxygen atoms in total. The summed E-state index contributed by atoms with van der Waals surface area (Å²) in [6.07, 6.45) is 4.58. The van der Waals surface area contributed by atoms with Crippen LogP contribution < -0.4 is 0 Å². The molecular formula is C25H36O7. The van der Waals surface area contributed by atoms with Crippen molar-refractivity contribution in [2.24, 2.45) is 34.5 Å². The number of methoxy groups -OCH3 is 2. The Hall–Kier alpha value is -1.73. The van der Waals surface area contributed by atoms with Crippen LogP contribution >= 0.6 is 0 Å². The molecule has 0 bridgehead atoms. The summed E-state index contributed by atoms with van der Waals surface area (Å²) in [5, 5.41) is 23.3. The fourth-order valence-corrected chi connectivity index (χ4v) is 7.98. The van der Waals surface area contributed by atoms with Crippen LogP contribution in [0.1, 0.15) is 65.2 Å². The Morgan fingerprint density at radius 1 is 1.19 bits per heavy atom. The summed E-state index contributed by atoms with van der Waals surface area (Å²) in [7, 11) is 2.72. The highest BCUT2D eigenvalue weighted by Crippen LogP contribution is 2.69. The molecule has 4 rings (SSSR count). The van der Waals surface area contributed by atoms with Gasteiger partial charge in [-0.1, -0.05) is 19.4 Å². The lowest BCUT2D eigenvalue weighted by atomic mass is 9.43. The number of rotatable bonds is 4. The van der Waals surface area contributed by atoms with Crippen molar-refractivity contribution in [3.63, 3.8) is 0 Å². The highest BCUT2D eigenvalue weighted by atomic mass is 16.5. The highest BCUT2D eigenvalue weighted by molar-refractivity contribution is 5.92. The minimum absolute atomic E-state index is 0.0126. The van der Waals surface area contributed by atoms with Crippen LogP contribution in [0, 0.1) is 34.5 Å². The van der Waals surface area contributed by atoms with E-state index in [1.165, 1.54) is 14.2 Å². The molecule has 32 heavy (non-hydrogen) atoms. The molecule has 0 aromatic carbocycles. The van der Waals surface area contributed by atoms with Gasteiger partial charge < -0.3 is 19.7 Å². The zero-order valence-electron chi connectivity index (χ0n) is 19.6. The van der Waals surface area contributed by atoms with E-state index in [-0.39, 0.29) is 53.7 Å². The molecule has 3 unspecified atom stereocenters. The normalized spacial score (nSPS) is 45.2. The van der Waals surface area contributed by atoms with Crippen molar-refractivity contribution in [2.75, 3.05) is 14.2 Å². The second-order valence-electron chi connectivity index (χ2n) is 10.9. The molecule has 0 saturated heterocycles. The van der Waals surface area contributed by atoms with Gasteiger partial charge in [0.1, 0.15) is 0 Å². The topological polar surface area (TPSA) is 110 Å². The molecule has 0 heterocycles. The van der Waals surface area contributed by atoms with Crippen molar-refractivity contribution in [1.82, 2.24) is 0 Å². The largest absolute Gasteiger partial charge is 0.469 e. The maximum atomic E-state index is 13.0. The van der Waals surface area contributed by atoms with E-state index >= 15 is 0 Å². The number of ketones is 1. The Labute approximate surface area is 189 Å². The summed E-state index contributed by atoms with van der Waals surface area (Å²) in [4.78, 5) is 36.9. The number of carbonyl (C=O) groups excluding carboxylic acids is 3. The van der Waals surface area contributed by atoms with E-state index in [0.29, 0.717) is 32.1 Å². The summed E-state index contributed by atoms with van der Waals surface area (Å²) in [6, 6.07) is 0. The molecular weight excluding hydrogens is 412 g/mol. The molecule has 3 fully saturated rings. The summed E-state index contributed by atoms with van der Waals surface area (Å²) >= 11 is 0. The van der Waals surface area contributed by atoms with E-state index in [0.717, 1.165) is 12.0 Å². The average Bonchev–Trinajstić information content (AvgIpc) is 3.01. The molecule has 0 radical (unpaired) electrons. The number of aliphatic hydroxyl groups is 2. The van der Waals surface area contributed by atoms with Crippen LogP contribution in [-0.4, -0.2) is 53.9 Å². The van der Waals surface area contributed by atoms with Gasteiger partial charge in [-0.15, -0.1) is 0 Å². The van der Waals surface area contributed by atoms with Gasteiger partial charge in [-0.25, -0.2) is 0 Å². The van der Waals surface area contributed by atoms with Gasteiger partial charge in [-0.2, -0.15) is 0 Å². The van der Waals surface area contributed by atoms with Crippen LogP contribution in [0.2, 0.25) is 0 Å². The van der Waals surface area contributed by atoms with Gasteiger partial charge >= 0.3 is 11.9 Å². The molecule has 4 aliphatic rings. The second kappa shape index (κ2) is 7.94. The molecule has 0 amide bonds. The van der Waals surface area contributed by atoms with E-state index in [2.05, 4.69) is 6.92 Å².